The fourth-order valence-corrected chi connectivity index (χ4v) is 5.93. The van der Waals surface area contributed by atoms with Crippen molar-refractivity contribution in [3.05, 3.63) is 0 Å². The van der Waals surface area contributed by atoms with Crippen molar-refractivity contribution in [1.29, 1.82) is 0 Å². The molecule has 3 aliphatic rings. The maximum absolute atomic E-state index is 12.4. The quantitative estimate of drug-likeness (QED) is 0.803. The van der Waals surface area contributed by atoms with E-state index in [4.69, 9.17) is 0 Å². The van der Waals surface area contributed by atoms with Gasteiger partial charge >= 0.3 is 0 Å². The van der Waals surface area contributed by atoms with Gasteiger partial charge < -0.3 is 5.11 Å². The summed E-state index contributed by atoms with van der Waals surface area (Å²) in [5.74, 6) is 0.604. The molecule has 4 nitrogen and oxygen atoms in total. The number of fused-ring (bicyclic) bond motifs is 1. The van der Waals surface area contributed by atoms with Crippen molar-refractivity contribution in [3.8, 4) is 0 Å². The first-order chi connectivity index (χ1) is 8.09. The highest BCUT2D eigenvalue weighted by atomic mass is 32.2. The zero-order chi connectivity index (χ0) is 12.0. The van der Waals surface area contributed by atoms with Crippen LogP contribution in [0.5, 0.6) is 0 Å². The average molecular weight is 259 g/mol. The van der Waals surface area contributed by atoms with Gasteiger partial charge in [-0.2, -0.15) is 0 Å². The molecule has 1 N–H and O–H groups in total. The molecule has 2 saturated carbocycles. The summed E-state index contributed by atoms with van der Waals surface area (Å²) in [7, 11) is -3.08. The standard InChI is InChI=1S/C12H21NO3S/c14-12-6-5-9-7-13(8-11(9)12)17(15,16)10-3-1-2-4-10/h9-12,14H,1-8H2. The molecule has 0 radical (unpaired) electrons. The van der Waals surface area contributed by atoms with E-state index in [-0.39, 0.29) is 17.3 Å². The first kappa shape index (κ1) is 11.9. The maximum Gasteiger partial charge on any atom is 0.216 e. The highest BCUT2D eigenvalue weighted by molar-refractivity contribution is 7.89. The molecule has 5 heteroatoms. The molecule has 0 amide bonds. The second kappa shape index (κ2) is 4.21. The SMILES string of the molecule is O=S(=O)(C1CCCC1)N1CC2CCC(O)C2C1. The molecule has 98 valence electrons. The van der Waals surface area contributed by atoms with Gasteiger partial charge in [-0.15, -0.1) is 0 Å². The minimum atomic E-state index is -3.08. The molecule has 3 atom stereocenters. The van der Waals surface area contributed by atoms with E-state index < -0.39 is 10.0 Å². The van der Waals surface area contributed by atoms with Gasteiger partial charge in [0.2, 0.25) is 10.0 Å². The number of hydrogen-bond acceptors (Lipinski definition) is 3. The predicted octanol–water partition coefficient (Wildman–Crippen LogP) is 0.962. The molecule has 1 aliphatic heterocycles. The summed E-state index contributed by atoms with van der Waals surface area (Å²) in [5, 5.41) is 9.69. The molecule has 0 aromatic heterocycles. The number of aliphatic hydroxyl groups excluding tert-OH is 1. The number of hydrogen-bond donors (Lipinski definition) is 1. The van der Waals surface area contributed by atoms with Crippen LogP contribution in [0.15, 0.2) is 0 Å². The van der Waals surface area contributed by atoms with Crippen LogP contribution in [0.1, 0.15) is 38.5 Å². The van der Waals surface area contributed by atoms with Crippen molar-refractivity contribution in [2.45, 2.75) is 49.9 Å². The number of nitrogens with zero attached hydrogens (tertiary/aromatic N) is 1. The number of sulfonamides is 1. The van der Waals surface area contributed by atoms with Crippen molar-refractivity contribution < 1.29 is 13.5 Å². The number of rotatable bonds is 2. The van der Waals surface area contributed by atoms with E-state index in [0.717, 1.165) is 38.5 Å². The van der Waals surface area contributed by atoms with Crippen LogP contribution in [-0.4, -0.2) is 42.3 Å². The fraction of sp³-hybridized carbons (Fsp3) is 1.00. The van der Waals surface area contributed by atoms with Crippen molar-refractivity contribution in [3.63, 3.8) is 0 Å². The van der Waals surface area contributed by atoms with E-state index in [1.165, 1.54) is 0 Å². The minimum absolute atomic E-state index is 0.140. The van der Waals surface area contributed by atoms with E-state index in [2.05, 4.69) is 0 Å². The molecule has 3 rings (SSSR count). The van der Waals surface area contributed by atoms with Crippen molar-refractivity contribution in [2.24, 2.45) is 11.8 Å². The molecular weight excluding hydrogens is 238 g/mol. The lowest BCUT2D eigenvalue weighted by Crippen LogP contribution is -2.37. The van der Waals surface area contributed by atoms with Crippen LogP contribution in [0.4, 0.5) is 0 Å². The Kier molecular flexibility index (Phi) is 2.96. The summed E-state index contributed by atoms with van der Waals surface area (Å²) in [5.41, 5.74) is 0. The smallest absolute Gasteiger partial charge is 0.216 e. The second-order valence-corrected chi connectivity index (χ2v) is 8.05. The molecule has 0 spiro atoms. The van der Waals surface area contributed by atoms with Crippen LogP contribution in [0.3, 0.4) is 0 Å². The molecule has 3 unspecified atom stereocenters. The van der Waals surface area contributed by atoms with Gasteiger partial charge in [0.05, 0.1) is 11.4 Å². The fourth-order valence-electron chi connectivity index (χ4n) is 3.80. The zero-order valence-electron chi connectivity index (χ0n) is 10.1. The van der Waals surface area contributed by atoms with Crippen LogP contribution in [0, 0.1) is 11.8 Å². The average Bonchev–Trinajstić information content (AvgIpc) is 2.96. The zero-order valence-corrected chi connectivity index (χ0v) is 10.9. The lowest BCUT2D eigenvalue weighted by molar-refractivity contribution is 0.129. The Balaban J connectivity index is 1.74. The molecule has 1 heterocycles. The Morgan fingerprint density at radius 1 is 1.00 bits per heavy atom. The van der Waals surface area contributed by atoms with Gasteiger partial charge in [-0.05, 0) is 31.6 Å². The van der Waals surface area contributed by atoms with Crippen LogP contribution in [-0.2, 0) is 10.0 Å². The monoisotopic (exact) mass is 259 g/mol. The van der Waals surface area contributed by atoms with E-state index in [1.54, 1.807) is 4.31 Å². The van der Waals surface area contributed by atoms with E-state index in [0.29, 0.717) is 19.0 Å². The second-order valence-electron chi connectivity index (χ2n) is 5.84. The molecule has 3 fully saturated rings. The summed E-state index contributed by atoms with van der Waals surface area (Å²) in [4.78, 5) is 0. The topological polar surface area (TPSA) is 57.6 Å². The molecule has 1 saturated heterocycles. The largest absolute Gasteiger partial charge is 0.393 e. The third-order valence-corrected chi connectivity index (χ3v) is 7.20. The minimum Gasteiger partial charge on any atom is -0.393 e. The van der Waals surface area contributed by atoms with E-state index >= 15 is 0 Å². The normalized spacial score (nSPS) is 39.9. The van der Waals surface area contributed by atoms with Crippen LogP contribution in [0.25, 0.3) is 0 Å². The molecule has 2 aliphatic carbocycles. The Morgan fingerprint density at radius 3 is 2.35 bits per heavy atom. The lowest BCUT2D eigenvalue weighted by Gasteiger charge is -2.22. The number of aliphatic hydroxyl groups is 1. The Bertz CT molecular complexity index is 389. The van der Waals surface area contributed by atoms with Gasteiger partial charge in [-0.3, -0.25) is 0 Å². The van der Waals surface area contributed by atoms with Crippen LogP contribution in [0.2, 0.25) is 0 Å². The molecule has 17 heavy (non-hydrogen) atoms. The van der Waals surface area contributed by atoms with Gasteiger partial charge in [-0.1, -0.05) is 12.8 Å². The molecule has 0 aromatic carbocycles. The summed E-state index contributed by atoms with van der Waals surface area (Å²) in [6.45, 7) is 1.21. The van der Waals surface area contributed by atoms with Crippen molar-refractivity contribution in [2.75, 3.05) is 13.1 Å². The van der Waals surface area contributed by atoms with Gasteiger partial charge in [0, 0.05) is 19.0 Å². The molecular formula is C12H21NO3S. The molecule has 0 aromatic rings. The Labute approximate surface area is 103 Å². The highest BCUT2D eigenvalue weighted by Crippen LogP contribution is 2.40. The third kappa shape index (κ3) is 1.92. The first-order valence-corrected chi connectivity index (χ1v) is 8.26. The lowest BCUT2D eigenvalue weighted by atomic mass is 10.00. The Morgan fingerprint density at radius 2 is 1.71 bits per heavy atom. The third-order valence-electron chi connectivity index (χ3n) is 4.87. The van der Waals surface area contributed by atoms with E-state index in [9.17, 15) is 13.5 Å². The van der Waals surface area contributed by atoms with Crippen molar-refractivity contribution in [1.82, 2.24) is 4.31 Å². The van der Waals surface area contributed by atoms with Crippen LogP contribution >= 0.6 is 0 Å². The predicted molar refractivity (Wildman–Crippen MR) is 65.0 cm³/mol. The van der Waals surface area contributed by atoms with Crippen LogP contribution < -0.4 is 0 Å². The summed E-state index contributed by atoms with van der Waals surface area (Å²) in [6, 6.07) is 0. The van der Waals surface area contributed by atoms with Gasteiger partial charge in [0.1, 0.15) is 0 Å². The van der Waals surface area contributed by atoms with Crippen molar-refractivity contribution >= 4 is 10.0 Å². The van der Waals surface area contributed by atoms with E-state index in [1.807, 2.05) is 0 Å². The van der Waals surface area contributed by atoms with Gasteiger partial charge in [-0.25, -0.2) is 12.7 Å². The summed E-state index contributed by atoms with van der Waals surface area (Å²) >= 11 is 0. The summed E-state index contributed by atoms with van der Waals surface area (Å²) < 4.78 is 26.5. The van der Waals surface area contributed by atoms with Gasteiger partial charge in [0.15, 0.2) is 0 Å². The first-order valence-electron chi connectivity index (χ1n) is 6.76. The Hall–Kier alpha value is -0.130. The maximum atomic E-state index is 12.4. The van der Waals surface area contributed by atoms with Gasteiger partial charge in [0.25, 0.3) is 0 Å². The molecule has 0 bridgehead atoms. The summed E-state index contributed by atoms with van der Waals surface area (Å²) in [6.07, 6.45) is 5.33. The highest BCUT2D eigenvalue weighted by Gasteiger charge is 2.47.